The standard InChI is InChI=1S/C63H73ClF3N9O9S3/c1-62(44-73-31-35-75(36-32-73)60(79)47-12-18-52(19-13-47)76-28-24-58(77)69-61(76)80)25-22-55(45-8-14-49(64)15-9-45)48(41-62)42-72-29-33-74(34-30-72)51-16-10-46(11-17-51)59(78)70-88(83,84)54-20-21-56(57(40-54)87(81,82)63(65,66)67)68-50(43-86-53-6-3-2-4-7-53)23-27-71-26-5-38-85-39-37-71/h2-4,6-21,40,50,68H,5,22-39,41-44H2,1H3,(H,70,78)(H,69,77,80)/t50-,62-/m1/s1. The molecule has 88 heavy (non-hydrogen) atoms. The lowest BCUT2D eigenvalue weighted by atomic mass is 9.71. The van der Waals surface area contributed by atoms with Gasteiger partial charge in [0.25, 0.3) is 31.7 Å². The molecular weight excluding hydrogens is 1220 g/mol. The van der Waals surface area contributed by atoms with Crippen molar-refractivity contribution in [3.05, 3.63) is 149 Å². The number of benzene rings is 5. The molecule has 18 nitrogen and oxygen atoms in total. The Morgan fingerprint density at radius 3 is 2.12 bits per heavy atom. The maximum absolute atomic E-state index is 14.4. The van der Waals surface area contributed by atoms with Crippen molar-refractivity contribution in [2.45, 2.75) is 71.7 Å². The van der Waals surface area contributed by atoms with Crippen LogP contribution in [0.15, 0.2) is 142 Å². The van der Waals surface area contributed by atoms with Crippen LogP contribution in [0.25, 0.3) is 5.57 Å². The fourth-order valence-electron chi connectivity index (χ4n) is 12.1. The number of ether oxygens (including phenoxy) is 1. The lowest BCUT2D eigenvalue weighted by Crippen LogP contribution is -2.51. The van der Waals surface area contributed by atoms with Crippen molar-refractivity contribution in [2.75, 3.05) is 126 Å². The number of carbonyl (C=O) groups excluding carboxylic acids is 4. The lowest BCUT2D eigenvalue weighted by Gasteiger charge is -2.44. The van der Waals surface area contributed by atoms with Crippen LogP contribution in [0.4, 0.5) is 35.0 Å². The van der Waals surface area contributed by atoms with Crippen LogP contribution in [0.5, 0.6) is 0 Å². The Kier molecular flexibility index (Phi) is 20.6. The molecule has 4 fully saturated rings. The molecule has 4 saturated heterocycles. The minimum Gasteiger partial charge on any atom is -0.380 e. The molecule has 0 bridgehead atoms. The minimum absolute atomic E-state index is 0.0260. The maximum atomic E-state index is 14.4. The van der Waals surface area contributed by atoms with Crippen molar-refractivity contribution in [1.82, 2.24) is 29.6 Å². The van der Waals surface area contributed by atoms with Crippen molar-refractivity contribution >= 4 is 89.6 Å². The average molecular weight is 1290 g/mol. The molecule has 10 rings (SSSR count). The largest absolute Gasteiger partial charge is 0.501 e. The van der Waals surface area contributed by atoms with Gasteiger partial charge in [0.1, 0.15) is 4.90 Å². The summed E-state index contributed by atoms with van der Waals surface area (Å²) in [7, 11) is -11.0. The Bertz CT molecular complexity index is 3570. The number of nitrogens with one attached hydrogen (secondary N) is 3. The van der Waals surface area contributed by atoms with E-state index in [4.69, 9.17) is 16.3 Å². The number of allylic oxidation sites excluding steroid dienone is 1. The van der Waals surface area contributed by atoms with E-state index in [9.17, 15) is 49.2 Å². The van der Waals surface area contributed by atoms with Gasteiger partial charge in [0.15, 0.2) is 0 Å². The first-order valence-electron chi connectivity index (χ1n) is 29.6. The molecule has 0 aromatic heterocycles. The van der Waals surface area contributed by atoms with Crippen molar-refractivity contribution in [1.29, 1.82) is 0 Å². The number of hydrogen-bond acceptors (Lipinski definition) is 15. The zero-order chi connectivity index (χ0) is 62.2. The van der Waals surface area contributed by atoms with Gasteiger partial charge in [-0.3, -0.25) is 34.4 Å². The predicted octanol–water partition coefficient (Wildman–Crippen LogP) is 9.11. The number of nitrogens with zero attached hydrogens (tertiary/aromatic N) is 6. The Labute approximate surface area is 521 Å². The molecule has 0 saturated carbocycles. The lowest BCUT2D eigenvalue weighted by molar-refractivity contribution is -0.120. The monoisotopic (exact) mass is 1290 g/mol. The number of sulfone groups is 1. The van der Waals surface area contributed by atoms with Crippen LogP contribution in [0.1, 0.15) is 71.7 Å². The summed E-state index contributed by atoms with van der Waals surface area (Å²) in [6, 6.07) is 32.1. The summed E-state index contributed by atoms with van der Waals surface area (Å²) in [5.41, 5.74) is -0.427. The van der Waals surface area contributed by atoms with Crippen LogP contribution in [0.2, 0.25) is 5.02 Å². The van der Waals surface area contributed by atoms with Gasteiger partial charge >= 0.3 is 11.5 Å². The topological polar surface area (TPSA) is 201 Å². The van der Waals surface area contributed by atoms with Crippen molar-refractivity contribution < 1.29 is 53.9 Å². The number of sulfonamides is 1. The van der Waals surface area contributed by atoms with Crippen LogP contribution < -0.4 is 25.2 Å². The van der Waals surface area contributed by atoms with Gasteiger partial charge in [-0.25, -0.2) is 26.4 Å². The Balaban J connectivity index is 0.750. The van der Waals surface area contributed by atoms with Gasteiger partial charge in [-0.05, 0) is 140 Å². The summed E-state index contributed by atoms with van der Waals surface area (Å²) in [4.78, 5) is 62.6. The van der Waals surface area contributed by atoms with E-state index in [0.29, 0.717) is 87.0 Å². The van der Waals surface area contributed by atoms with E-state index in [1.165, 1.54) is 39.9 Å². The molecule has 0 radical (unpaired) electrons. The zero-order valence-electron chi connectivity index (χ0n) is 49.0. The summed E-state index contributed by atoms with van der Waals surface area (Å²) in [5.74, 6) is -1.07. The maximum Gasteiger partial charge on any atom is 0.501 e. The molecule has 0 unspecified atom stereocenters. The number of thioether (sulfide) groups is 1. The molecular formula is C63H73ClF3N9O9S3. The predicted molar refractivity (Wildman–Crippen MR) is 335 cm³/mol. The number of halogens is 4. The Morgan fingerprint density at radius 1 is 0.750 bits per heavy atom. The van der Waals surface area contributed by atoms with E-state index in [-0.39, 0.29) is 35.8 Å². The molecule has 5 aromatic carbocycles. The molecule has 0 spiro atoms. The average Bonchev–Trinajstić information content (AvgIpc) is 1.35. The van der Waals surface area contributed by atoms with Gasteiger partial charge < -0.3 is 24.8 Å². The molecule has 25 heteroatoms. The number of anilines is 3. The first-order valence-corrected chi connectivity index (χ1v) is 34.0. The van der Waals surface area contributed by atoms with Gasteiger partial charge in [0.2, 0.25) is 5.91 Å². The van der Waals surface area contributed by atoms with E-state index in [1.807, 2.05) is 52.1 Å². The fourth-order valence-corrected chi connectivity index (χ4v) is 15.3. The summed E-state index contributed by atoms with van der Waals surface area (Å²) < 4.78 is 105. The molecule has 2 atom stereocenters. The Hall–Kier alpha value is -6.51. The number of imide groups is 1. The third-order valence-corrected chi connectivity index (χ3v) is 21.3. The number of hydrogen-bond donors (Lipinski definition) is 3. The number of rotatable bonds is 20. The van der Waals surface area contributed by atoms with E-state index in [0.717, 1.165) is 99.8 Å². The van der Waals surface area contributed by atoms with Gasteiger partial charge in [0, 0.05) is 149 Å². The van der Waals surface area contributed by atoms with Crippen LogP contribution in [-0.4, -0.2) is 182 Å². The first kappa shape index (κ1) is 64.5. The molecule has 5 aliphatic rings. The number of amides is 5. The normalized spacial score (nSPS) is 20.1. The summed E-state index contributed by atoms with van der Waals surface area (Å²) in [6.07, 6.45) is 4.22. The van der Waals surface area contributed by atoms with E-state index < -0.39 is 58.8 Å². The van der Waals surface area contributed by atoms with Gasteiger partial charge in [0.05, 0.1) is 17.2 Å². The molecule has 3 N–H and O–H groups in total. The van der Waals surface area contributed by atoms with Gasteiger partial charge in [-0.15, -0.1) is 11.8 Å². The number of piperazine rings is 2. The van der Waals surface area contributed by atoms with Gasteiger partial charge in [-0.1, -0.05) is 54.4 Å². The van der Waals surface area contributed by atoms with Crippen LogP contribution >= 0.6 is 23.4 Å². The van der Waals surface area contributed by atoms with E-state index in [2.05, 4.69) is 49.3 Å². The fraction of sp³-hybridized carbons (Fsp3) is 0.429. The smallest absolute Gasteiger partial charge is 0.380 e. The van der Waals surface area contributed by atoms with Crippen molar-refractivity contribution in [3.63, 3.8) is 0 Å². The minimum atomic E-state index is -6.10. The molecule has 5 aromatic rings. The quantitative estimate of drug-likeness (QED) is 0.0623. The van der Waals surface area contributed by atoms with Crippen molar-refractivity contribution in [2.24, 2.45) is 5.41 Å². The highest BCUT2D eigenvalue weighted by molar-refractivity contribution is 7.99. The first-order chi connectivity index (χ1) is 42.1. The molecule has 5 amide bonds. The van der Waals surface area contributed by atoms with E-state index in [1.54, 1.807) is 36.4 Å². The molecule has 4 aliphatic heterocycles. The third kappa shape index (κ3) is 16.1. The highest BCUT2D eigenvalue weighted by atomic mass is 35.5. The summed E-state index contributed by atoms with van der Waals surface area (Å²) >= 11 is 7.80. The summed E-state index contributed by atoms with van der Waals surface area (Å²) in [6.45, 7) is 12.9. The zero-order valence-corrected chi connectivity index (χ0v) is 52.2. The third-order valence-electron chi connectivity index (χ3n) is 17.0. The van der Waals surface area contributed by atoms with E-state index >= 15 is 0 Å². The molecule has 1 aliphatic carbocycles. The number of carbonyl (C=O) groups is 4. The molecule has 470 valence electrons. The van der Waals surface area contributed by atoms with Crippen molar-refractivity contribution in [3.8, 4) is 0 Å². The second-order valence-electron chi connectivity index (χ2n) is 23.4. The number of urea groups is 1. The summed E-state index contributed by atoms with van der Waals surface area (Å²) in [5, 5.41) is 6.01. The van der Waals surface area contributed by atoms with Gasteiger partial charge in [-0.2, -0.15) is 13.2 Å². The van der Waals surface area contributed by atoms with Crippen LogP contribution in [0, 0.1) is 5.41 Å². The highest BCUT2D eigenvalue weighted by Gasteiger charge is 2.49. The van der Waals surface area contributed by atoms with Crippen LogP contribution in [-0.2, 0) is 29.4 Å². The van der Waals surface area contributed by atoms with Crippen LogP contribution in [0.3, 0.4) is 0 Å². The SMILES string of the molecule is C[C@@]1(CN2CCN(C(=O)c3ccc(N4CCC(=O)NC4=O)cc3)CC2)CCC(c2ccc(Cl)cc2)=C(CN2CCN(c3ccc(C(=O)NS(=O)(=O)c4ccc(N[C@H](CCN5CCCOCC5)CSc5ccccc5)c(S(=O)(=O)C(F)(F)F)c4)cc3)CC2)C1. The number of alkyl halides is 3. The molecule has 4 heterocycles. The second kappa shape index (κ2) is 28.1. The highest BCUT2D eigenvalue weighted by Crippen LogP contribution is 2.44. The Morgan fingerprint density at radius 2 is 1.43 bits per heavy atom. The second-order valence-corrected chi connectivity index (χ2v) is 28.5.